The van der Waals surface area contributed by atoms with E-state index < -0.39 is 34.3 Å². The van der Waals surface area contributed by atoms with Crippen molar-refractivity contribution in [1.82, 2.24) is 10.2 Å². The van der Waals surface area contributed by atoms with E-state index in [1.807, 2.05) is 6.92 Å². The van der Waals surface area contributed by atoms with Crippen LogP contribution in [0.15, 0.2) is 83.8 Å². The lowest BCUT2D eigenvalue weighted by Gasteiger charge is -2.33. The molecule has 9 heteroatoms. The molecule has 0 aliphatic heterocycles. The average molecular weight is 512 g/mol. The SMILES string of the molecule is CC[C@H](C(=O)NC)N(Cc1ccc(F)cc1)C(=O)CN(c1ccc(C)cc1)S(=O)(=O)c1ccccc1. The molecular weight excluding hydrogens is 481 g/mol. The van der Waals surface area contributed by atoms with E-state index in [0.29, 0.717) is 17.7 Å². The van der Waals surface area contributed by atoms with Gasteiger partial charge >= 0.3 is 0 Å². The van der Waals surface area contributed by atoms with Gasteiger partial charge in [0.05, 0.1) is 10.6 Å². The number of benzene rings is 3. The molecule has 36 heavy (non-hydrogen) atoms. The van der Waals surface area contributed by atoms with Crippen LogP contribution in [-0.2, 0) is 26.2 Å². The van der Waals surface area contributed by atoms with Gasteiger partial charge in [0.15, 0.2) is 0 Å². The second-order valence-corrected chi connectivity index (χ2v) is 10.2. The number of hydrogen-bond donors (Lipinski definition) is 1. The van der Waals surface area contributed by atoms with Gasteiger partial charge in [-0.3, -0.25) is 13.9 Å². The van der Waals surface area contributed by atoms with Crippen LogP contribution in [0, 0.1) is 12.7 Å². The van der Waals surface area contributed by atoms with E-state index in [9.17, 15) is 22.4 Å². The van der Waals surface area contributed by atoms with E-state index in [-0.39, 0.29) is 17.3 Å². The minimum absolute atomic E-state index is 0.0121. The van der Waals surface area contributed by atoms with Crippen LogP contribution in [-0.4, -0.2) is 44.8 Å². The smallest absolute Gasteiger partial charge is 0.264 e. The molecular formula is C27H30FN3O4S. The highest BCUT2D eigenvalue weighted by molar-refractivity contribution is 7.92. The number of carbonyl (C=O) groups is 2. The lowest BCUT2D eigenvalue weighted by atomic mass is 10.1. The normalized spacial score (nSPS) is 12.0. The van der Waals surface area contributed by atoms with E-state index in [2.05, 4.69) is 5.32 Å². The number of sulfonamides is 1. The summed E-state index contributed by atoms with van der Waals surface area (Å²) in [5.74, 6) is -1.36. The topological polar surface area (TPSA) is 86.8 Å². The zero-order valence-corrected chi connectivity index (χ0v) is 21.3. The number of hydrogen-bond acceptors (Lipinski definition) is 4. The van der Waals surface area contributed by atoms with E-state index >= 15 is 0 Å². The van der Waals surface area contributed by atoms with Crippen molar-refractivity contribution in [3.63, 3.8) is 0 Å². The second-order valence-electron chi connectivity index (χ2n) is 8.35. The first-order chi connectivity index (χ1) is 17.2. The third kappa shape index (κ3) is 6.28. The highest BCUT2D eigenvalue weighted by atomic mass is 32.2. The molecule has 0 saturated heterocycles. The van der Waals surface area contributed by atoms with Gasteiger partial charge in [0.1, 0.15) is 18.4 Å². The third-order valence-electron chi connectivity index (χ3n) is 5.83. The van der Waals surface area contributed by atoms with Crippen LogP contribution < -0.4 is 9.62 Å². The van der Waals surface area contributed by atoms with Crippen molar-refractivity contribution in [2.24, 2.45) is 0 Å². The van der Waals surface area contributed by atoms with Crippen LogP contribution in [0.25, 0.3) is 0 Å². The molecule has 0 spiro atoms. The standard InChI is InChI=1S/C27H30FN3O4S/c1-4-25(27(33)29-3)30(18-21-12-14-22(28)15-13-21)26(32)19-31(23-16-10-20(2)11-17-23)36(34,35)24-8-6-5-7-9-24/h5-17,25H,4,18-19H2,1-3H3,(H,29,33)/t25-/m1/s1. The van der Waals surface area contributed by atoms with Crippen molar-refractivity contribution >= 4 is 27.5 Å². The number of aryl methyl sites for hydroxylation is 1. The first kappa shape index (κ1) is 26.9. The number of likely N-dealkylation sites (N-methyl/N-ethyl adjacent to an activating group) is 1. The Morgan fingerprint density at radius 1 is 0.944 bits per heavy atom. The summed E-state index contributed by atoms with van der Waals surface area (Å²) in [5, 5.41) is 2.57. The fourth-order valence-corrected chi connectivity index (χ4v) is 5.27. The van der Waals surface area contributed by atoms with Crippen LogP contribution >= 0.6 is 0 Å². The molecule has 2 amide bonds. The first-order valence-electron chi connectivity index (χ1n) is 11.6. The third-order valence-corrected chi connectivity index (χ3v) is 7.62. The van der Waals surface area contributed by atoms with E-state index in [1.165, 1.54) is 48.3 Å². The van der Waals surface area contributed by atoms with Gasteiger partial charge in [-0.25, -0.2) is 12.8 Å². The fraction of sp³-hybridized carbons (Fsp3) is 0.259. The largest absolute Gasteiger partial charge is 0.357 e. The van der Waals surface area contributed by atoms with Crippen LogP contribution in [0.4, 0.5) is 10.1 Å². The Hall–Kier alpha value is -3.72. The molecule has 0 aromatic heterocycles. The maximum Gasteiger partial charge on any atom is 0.264 e. The number of carbonyl (C=O) groups excluding carboxylic acids is 2. The lowest BCUT2D eigenvalue weighted by molar-refractivity contribution is -0.140. The number of rotatable bonds is 10. The molecule has 1 atom stereocenters. The van der Waals surface area contributed by atoms with E-state index in [4.69, 9.17) is 0 Å². The molecule has 0 aliphatic rings. The minimum atomic E-state index is -4.10. The van der Waals surface area contributed by atoms with Crippen LogP contribution in [0.5, 0.6) is 0 Å². The van der Waals surface area contributed by atoms with Crippen molar-refractivity contribution in [1.29, 1.82) is 0 Å². The van der Waals surface area contributed by atoms with Crippen molar-refractivity contribution in [2.45, 2.75) is 37.8 Å². The summed E-state index contributed by atoms with van der Waals surface area (Å²) >= 11 is 0. The van der Waals surface area contributed by atoms with E-state index in [0.717, 1.165) is 9.87 Å². The number of nitrogens with zero attached hydrogens (tertiary/aromatic N) is 2. The first-order valence-corrected chi connectivity index (χ1v) is 13.0. The maximum atomic E-state index is 13.7. The van der Waals surface area contributed by atoms with Gasteiger partial charge in [-0.1, -0.05) is 55.0 Å². The highest BCUT2D eigenvalue weighted by Gasteiger charge is 2.33. The van der Waals surface area contributed by atoms with Crippen LogP contribution in [0.1, 0.15) is 24.5 Å². The summed E-state index contributed by atoms with van der Waals surface area (Å²) in [5.41, 5.74) is 1.87. The average Bonchev–Trinajstić information content (AvgIpc) is 2.89. The summed E-state index contributed by atoms with van der Waals surface area (Å²) in [4.78, 5) is 27.8. The summed E-state index contributed by atoms with van der Waals surface area (Å²) in [6.07, 6.45) is 0.308. The molecule has 7 nitrogen and oxygen atoms in total. The Labute approximate surface area is 211 Å². The number of halogens is 1. The Balaban J connectivity index is 2.03. The quantitative estimate of drug-likeness (QED) is 0.448. The van der Waals surface area contributed by atoms with Gasteiger partial charge in [0.2, 0.25) is 11.8 Å². The highest BCUT2D eigenvalue weighted by Crippen LogP contribution is 2.25. The van der Waals surface area contributed by atoms with E-state index in [1.54, 1.807) is 49.4 Å². The maximum absolute atomic E-state index is 13.7. The molecule has 0 radical (unpaired) electrons. The Bertz CT molecular complexity index is 1280. The molecule has 1 N–H and O–H groups in total. The predicted molar refractivity (Wildman–Crippen MR) is 137 cm³/mol. The fourth-order valence-electron chi connectivity index (χ4n) is 3.83. The summed E-state index contributed by atoms with van der Waals surface area (Å²) in [6.45, 7) is 3.14. The summed E-state index contributed by atoms with van der Waals surface area (Å²) in [7, 11) is -2.62. The zero-order valence-electron chi connectivity index (χ0n) is 20.5. The van der Waals surface area contributed by atoms with Crippen LogP contribution in [0.3, 0.4) is 0 Å². The molecule has 3 aromatic rings. The molecule has 3 aromatic carbocycles. The monoisotopic (exact) mass is 511 g/mol. The molecule has 3 rings (SSSR count). The Morgan fingerprint density at radius 3 is 2.11 bits per heavy atom. The molecule has 0 unspecified atom stereocenters. The zero-order chi connectivity index (χ0) is 26.3. The predicted octanol–water partition coefficient (Wildman–Crippen LogP) is 3.88. The number of amides is 2. The second kappa shape index (κ2) is 11.8. The molecule has 0 aliphatic carbocycles. The van der Waals surface area contributed by atoms with Crippen molar-refractivity contribution < 1.29 is 22.4 Å². The molecule has 0 heterocycles. The molecule has 190 valence electrons. The van der Waals surface area contributed by atoms with Crippen LogP contribution in [0.2, 0.25) is 0 Å². The Morgan fingerprint density at radius 2 is 1.56 bits per heavy atom. The molecule has 0 saturated carbocycles. The van der Waals surface area contributed by atoms with Gasteiger partial charge in [-0.05, 0) is 55.3 Å². The summed E-state index contributed by atoms with van der Waals surface area (Å²) < 4.78 is 41.8. The Kier molecular flexibility index (Phi) is 8.82. The van der Waals surface area contributed by atoms with Crippen molar-refractivity contribution in [3.8, 4) is 0 Å². The molecule has 0 fully saturated rings. The van der Waals surface area contributed by atoms with Gasteiger partial charge < -0.3 is 10.2 Å². The minimum Gasteiger partial charge on any atom is -0.357 e. The molecule has 0 bridgehead atoms. The number of nitrogens with one attached hydrogen (secondary N) is 1. The lowest BCUT2D eigenvalue weighted by Crippen LogP contribution is -2.51. The van der Waals surface area contributed by atoms with Gasteiger partial charge in [0, 0.05) is 13.6 Å². The van der Waals surface area contributed by atoms with Gasteiger partial charge in [-0.2, -0.15) is 0 Å². The van der Waals surface area contributed by atoms with Crippen molar-refractivity contribution in [3.05, 3.63) is 95.8 Å². The summed E-state index contributed by atoms with van der Waals surface area (Å²) in [6, 6.07) is 19.5. The number of anilines is 1. The van der Waals surface area contributed by atoms with Crippen molar-refractivity contribution in [2.75, 3.05) is 17.9 Å². The van der Waals surface area contributed by atoms with Gasteiger partial charge in [-0.15, -0.1) is 0 Å². The van der Waals surface area contributed by atoms with Gasteiger partial charge in [0.25, 0.3) is 10.0 Å².